The molecule has 0 unspecified atom stereocenters. The Hall–Kier alpha value is -4.07. The molecule has 0 saturated heterocycles. The van der Waals surface area contributed by atoms with Gasteiger partial charge in [-0.1, -0.05) is 0 Å². The van der Waals surface area contributed by atoms with Crippen molar-refractivity contribution >= 4 is 39.0 Å². The van der Waals surface area contributed by atoms with E-state index < -0.39 is 34.3 Å². The van der Waals surface area contributed by atoms with Gasteiger partial charge in [-0.3, -0.25) is 14.3 Å². The van der Waals surface area contributed by atoms with Crippen LogP contribution in [0.4, 0.5) is 17.3 Å². The van der Waals surface area contributed by atoms with Gasteiger partial charge in [-0.05, 0) is 6.07 Å². The molecule has 0 atom stereocenters. The minimum atomic E-state index is -3.82. The van der Waals surface area contributed by atoms with Crippen LogP contribution in [0.5, 0.6) is 5.75 Å². The molecule has 0 aliphatic carbocycles. The van der Waals surface area contributed by atoms with Gasteiger partial charge >= 0.3 is 0 Å². The Morgan fingerprint density at radius 2 is 2.00 bits per heavy atom. The number of ether oxygens (including phenoxy) is 1. The van der Waals surface area contributed by atoms with E-state index >= 15 is 0 Å². The monoisotopic (exact) mass is 463 g/mol. The van der Waals surface area contributed by atoms with Crippen molar-refractivity contribution in [3.05, 3.63) is 42.0 Å². The number of aromatic nitrogens is 5. The summed E-state index contributed by atoms with van der Waals surface area (Å²) in [6.45, 7) is -2.84. The zero-order chi connectivity index (χ0) is 26.0. The number of nitrogens with zero attached hydrogens (tertiary/aromatic N) is 5. The number of carbonyl (C=O) groups is 2. The van der Waals surface area contributed by atoms with E-state index in [2.05, 4.69) is 30.9 Å². The van der Waals surface area contributed by atoms with Crippen LogP contribution in [0.15, 0.2) is 35.5 Å². The first kappa shape index (κ1) is 18.7. The summed E-state index contributed by atoms with van der Waals surface area (Å²) in [5, 5.41) is 18.3. The van der Waals surface area contributed by atoms with Crippen LogP contribution in [0.25, 0.3) is 0 Å². The van der Waals surface area contributed by atoms with E-state index in [-0.39, 0.29) is 33.7 Å². The van der Waals surface area contributed by atoms with Crippen LogP contribution >= 0.6 is 0 Å². The summed E-state index contributed by atoms with van der Waals surface area (Å²) in [6, 6.07) is 3.84. The fraction of sp³-hybridized carbons (Fsp3) is 0.222. The second kappa shape index (κ2) is 8.97. The van der Waals surface area contributed by atoms with Crippen molar-refractivity contribution in [3.8, 4) is 5.75 Å². The number of hydrogen-bond donors (Lipinski definition) is 3. The summed E-state index contributed by atoms with van der Waals surface area (Å²) >= 11 is 0. The average molecular weight is 463 g/mol. The minimum Gasteiger partial charge on any atom is -0.495 e. The fourth-order valence-electron chi connectivity index (χ4n) is 2.53. The summed E-state index contributed by atoms with van der Waals surface area (Å²) < 4.78 is 52.8. The van der Waals surface area contributed by atoms with Gasteiger partial charge in [0.2, 0.25) is 0 Å². The lowest BCUT2D eigenvalue weighted by Gasteiger charge is -2.14. The molecule has 14 heteroatoms. The van der Waals surface area contributed by atoms with Crippen LogP contribution in [0, 0.1) is 0 Å². The number of methoxy groups -OCH3 is 1. The molecule has 3 aromatic heterocycles. The fourth-order valence-corrected chi connectivity index (χ4v) is 3.32. The summed E-state index contributed by atoms with van der Waals surface area (Å²) in [6.07, 6.45) is 3.73. The maximum atomic E-state index is 12.5. The number of amides is 2. The Kier molecular flexibility index (Phi) is 5.24. The average Bonchev–Trinajstić information content (AvgIpc) is 3.18. The molecule has 0 fully saturated rings. The molecule has 3 heterocycles. The molecule has 168 valence electrons. The molecule has 3 aromatic rings. The lowest BCUT2D eigenvalue weighted by molar-refractivity contribution is 0.0957. The molecule has 13 nitrogen and oxygen atoms in total. The number of aryl methyl sites for hydroxylation is 1. The smallest absolute Gasteiger partial charge is 0.277 e. The van der Waals surface area contributed by atoms with Crippen molar-refractivity contribution < 1.29 is 26.9 Å². The van der Waals surface area contributed by atoms with Crippen LogP contribution in [-0.2, 0) is 16.9 Å². The first-order chi connectivity index (χ1) is 16.3. The molecule has 0 aliphatic rings. The van der Waals surface area contributed by atoms with Crippen molar-refractivity contribution in [2.24, 2.45) is 7.05 Å². The second-order valence-electron chi connectivity index (χ2n) is 6.39. The number of carbonyl (C=O) groups excluding carboxylic acids is 2. The van der Waals surface area contributed by atoms with Gasteiger partial charge in [-0.25, -0.2) is 13.4 Å². The third-order valence-corrected chi connectivity index (χ3v) is 5.14. The molecule has 3 rings (SSSR count). The van der Waals surface area contributed by atoms with E-state index in [1.54, 1.807) is 18.6 Å². The van der Waals surface area contributed by atoms with Gasteiger partial charge in [0, 0.05) is 42.7 Å². The van der Waals surface area contributed by atoms with Crippen LogP contribution in [0.3, 0.4) is 0 Å². The predicted molar refractivity (Wildman–Crippen MR) is 114 cm³/mol. The topological polar surface area (TPSA) is 170 Å². The highest BCUT2D eigenvalue weighted by atomic mass is 32.2. The Morgan fingerprint density at radius 1 is 1.22 bits per heavy atom. The third kappa shape index (κ3) is 4.97. The molecule has 0 bridgehead atoms. The number of rotatable bonds is 7. The summed E-state index contributed by atoms with van der Waals surface area (Å²) in [5.41, 5.74) is -0.598. The molecular weight excluding hydrogens is 440 g/mol. The number of nitrogens with one attached hydrogen (secondary N) is 3. The van der Waals surface area contributed by atoms with Crippen molar-refractivity contribution in [2.45, 2.75) is 4.90 Å². The van der Waals surface area contributed by atoms with Gasteiger partial charge in [-0.2, -0.15) is 5.10 Å². The number of pyridine rings is 1. The van der Waals surface area contributed by atoms with Gasteiger partial charge in [-0.15, -0.1) is 10.2 Å². The number of sulfone groups is 1. The van der Waals surface area contributed by atoms with E-state index in [4.69, 9.17) is 8.85 Å². The van der Waals surface area contributed by atoms with Crippen LogP contribution in [0.1, 0.15) is 25.1 Å². The minimum absolute atomic E-state index is 0.0733. The standard InChI is InChI=1S/C18H20N8O5S/c1-19-18(28)15-12(21-16-13(32(4,29)30)7-10(31-3)9-20-16)8-14(23-24-15)22-17(27)11-5-6-26(2)25-11/h5-9H,1-4H3,(H,19,28)(H2,20,21,22,23,27)/i1D3. The highest BCUT2D eigenvalue weighted by molar-refractivity contribution is 7.90. The quantitative estimate of drug-likeness (QED) is 0.445. The van der Waals surface area contributed by atoms with Gasteiger partial charge in [0.25, 0.3) is 11.8 Å². The molecule has 0 saturated carbocycles. The third-order valence-electron chi connectivity index (χ3n) is 4.03. The predicted octanol–water partition coefficient (Wildman–Crippen LogP) is 0.373. The van der Waals surface area contributed by atoms with Gasteiger partial charge < -0.3 is 20.7 Å². The maximum absolute atomic E-state index is 12.5. The normalized spacial score (nSPS) is 12.8. The largest absolute Gasteiger partial charge is 0.495 e. The summed E-state index contributed by atoms with van der Waals surface area (Å²) in [5.74, 6) is -1.94. The number of anilines is 3. The van der Waals surface area contributed by atoms with Gasteiger partial charge in [0.1, 0.15) is 16.5 Å². The number of hydrogen-bond acceptors (Lipinski definition) is 10. The first-order valence-electron chi connectivity index (χ1n) is 10.3. The summed E-state index contributed by atoms with van der Waals surface area (Å²) in [4.78, 5) is 28.7. The van der Waals surface area contributed by atoms with Crippen molar-refractivity contribution in [2.75, 3.05) is 31.0 Å². The zero-order valence-electron chi connectivity index (χ0n) is 20.1. The van der Waals surface area contributed by atoms with Crippen LogP contribution < -0.4 is 20.7 Å². The Morgan fingerprint density at radius 3 is 2.62 bits per heavy atom. The Bertz CT molecular complexity index is 1390. The molecule has 32 heavy (non-hydrogen) atoms. The lowest BCUT2D eigenvalue weighted by Crippen LogP contribution is -2.22. The molecule has 0 aliphatic heterocycles. The van der Waals surface area contributed by atoms with E-state index in [1.807, 2.05) is 0 Å². The van der Waals surface area contributed by atoms with Gasteiger partial charge in [0.15, 0.2) is 27.0 Å². The van der Waals surface area contributed by atoms with Crippen LogP contribution in [-0.4, -0.2) is 65.5 Å². The molecule has 0 radical (unpaired) electrons. The molecular formula is C18H20N8O5S. The van der Waals surface area contributed by atoms with Crippen molar-refractivity contribution in [1.29, 1.82) is 0 Å². The highest BCUT2D eigenvalue weighted by Gasteiger charge is 2.21. The highest BCUT2D eigenvalue weighted by Crippen LogP contribution is 2.28. The van der Waals surface area contributed by atoms with Gasteiger partial charge in [0.05, 0.1) is 19.0 Å². The first-order valence-corrected chi connectivity index (χ1v) is 10.7. The van der Waals surface area contributed by atoms with E-state index in [0.717, 1.165) is 6.26 Å². The van der Waals surface area contributed by atoms with E-state index in [9.17, 15) is 18.0 Å². The maximum Gasteiger partial charge on any atom is 0.277 e. The van der Waals surface area contributed by atoms with Crippen molar-refractivity contribution in [3.63, 3.8) is 0 Å². The molecule has 3 N–H and O–H groups in total. The van der Waals surface area contributed by atoms with Crippen LogP contribution in [0.2, 0.25) is 0 Å². The summed E-state index contributed by atoms with van der Waals surface area (Å²) in [7, 11) is -0.869. The van der Waals surface area contributed by atoms with E-state index in [0.29, 0.717) is 0 Å². The lowest BCUT2D eigenvalue weighted by atomic mass is 10.2. The Labute approximate surface area is 187 Å². The Balaban J connectivity index is 2.05. The molecule has 0 spiro atoms. The van der Waals surface area contributed by atoms with E-state index in [1.165, 1.54) is 36.2 Å². The zero-order valence-corrected chi connectivity index (χ0v) is 17.9. The molecule has 2 amide bonds. The molecule has 0 aromatic carbocycles. The SMILES string of the molecule is [2H]C([2H])([2H])NC(=O)c1nnc(NC(=O)c2ccn(C)n2)cc1Nc1ncc(OC)cc1S(C)(=O)=O. The second-order valence-corrected chi connectivity index (χ2v) is 8.38. The van der Waals surface area contributed by atoms with Crippen molar-refractivity contribution in [1.82, 2.24) is 30.3 Å².